The van der Waals surface area contributed by atoms with Gasteiger partial charge < -0.3 is 20.9 Å². The number of para-hydroxylation sites is 2. The van der Waals surface area contributed by atoms with Gasteiger partial charge in [-0.2, -0.15) is 0 Å². The predicted octanol–water partition coefficient (Wildman–Crippen LogP) is 3.37. The minimum Gasteiger partial charge on any atom is -0.360 e. The number of hydrogen-bond acceptors (Lipinski definition) is 5. The normalized spacial score (nSPS) is 15.7. The standard InChI is InChI=1S/C22H17N5O3S/c28-19(9-17-21(30)24-16-8-4-2-6-13(16)20(29)25-17)27-22-26-18(11-31-22)14-10-23-15-7-3-1-5-12(14)15/h1-8,10-11,17,23H,9H2,(H,24,30)(H,25,29)(H,26,27,28). The molecule has 2 aromatic carbocycles. The molecule has 1 unspecified atom stereocenters. The Balaban J connectivity index is 1.28. The third kappa shape index (κ3) is 3.66. The molecule has 0 saturated carbocycles. The fourth-order valence-electron chi connectivity index (χ4n) is 3.55. The molecule has 0 radical (unpaired) electrons. The molecule has 31 heavy (non-hydrogen) atoms. The van der Waals surface area contributed by atoms with Crippen LogP contribution in [0.25, 0.3) is 22.2 Å². The molecule has 4 N–H and O–H groups in total. The van der Waals surface area contributed by atoms with Gasteiger partial charge in [-0.15, -0.1) is 11.3 Å². The highest BCUT2D eigenvalue weighted by Crippen LogP contribution is 2.31. The number of nitrogens with zero attached hydrogens (tertiary/aromatic N) is 1. The summed E-state index contributed by atoms with van der Waals surface area (Å²) in [6.07, 6.45) is 1.68. The van der Waals surface area contributed by atoms with Gasteiger partial charge in [0, 0.05) is 28.0 Å². The van der Waals surface area contributed by atoms with E-state index in [4.69, 9.17) is 0 Å². The largest absolute Gasteiger partial charge is 0.360 e. The number of aromatic nitrogens is 2. The van der Waals surface area contributed by atoms with Crippen molar-refractivity contribution in [2.24, 2.45) is 0 Å². The van der Waals surface area contributed by atoms with Crippen LogP contribution < -0.4 is 16.0 Å². The smallest absolute Gasteiger partial charge is 0.254 e. The summed E-state index contributed by atoms with van der Waals surface area (Å²) < 4.78 is 0. The van der Waals surface area contributed by atoms with Crippen molar-refractivity contribution < 1.29 is 14.4 Å². The number of carbonyl (C=O) groups excluding carboxylic acids is 3. The molecule has 0 fully saturated rings. The van der Waals surface area contributed by atoms with Crippen LogP contribution in [0.5, 0.6) is 0 Å². The van der Waals surface area contributed by atoms with E-state index in [-0.39, 0.29) is 6.42 Å². The van der Waals surface area contributed by atoms with E-state index in [0.717, 1.165) is 22.2 Å². The van der Waals surface area contributed by atoms with Gasteiger partial charge in [0.1, 0.15) is 6.04 Å². The molecule has 1 atom stereocenters. The highest BCUT2D eigenvalue weighted by molar-refractivity contribution is 7.14. The van der Waals surface area contributed by atoms with Crippen molar-refractivity contribution in [3.05, 3.63) is 65.7 Å². The molecule has 2 aromatic heterocycles. The number of H-pyrrole nitrogens is 1. The van der Waals surface area contributed by atoms with Gasteiger partial charge in [0.2, 0.25) is 11.8 Å². The SMILES string of the molecule is O=C(CC1NC(=O)c2ccccc2NC1=O)Nc1nc(-c2c[nH]c3ccccc23)cs1. The van der Waals surface area contributed by atoms with Crippen LogP contribution in [0.4, 0.5) is 10.8 Å². The Morgan fingerprint density at radius 1 is 1.06 bits per heavy atom. The zero-order chi connectivity index (χ0) is 21.4. The first-order chi connectivity index (χ1) is 15.1. The Labute approximate surface area is 180 Å². The summed E-state index contributed by atoms with van der Waals surface area (Å²) in [5, 5.41) is 11.4. The molecule has 0 aliphatic carbocycles. The second kappa shape index (κ2) is 7.69. The molecule has 3 heterocycles. The molecule has 0 bridgehead atoms. The number of thiazole rings is 1. The molecule has 8 nitrogen and oxygen atoms in total. The van der Waals surface area contributed by atoms with E-state index in [9.17, 15) is 14.4 Å². The maximum atomic E-state index is 12.5. The zero-order valence-corrected chi connectivity index (χ0v) is 17.0. The van der Waals surface area contributed by atoms with E-state index in [2.05, 4.69) is 25.9 Å². The number of hydrogen-bond donors (Lipinski definition) is 4. The monoisotopic (exact) mass is 431 g/mol. The lowest BCUT2D eigenvalue weighted by Gasteiger charge is -2.13. The lowest BCUT2D eigenvalue weighted by molar-refractivity contribution is -0.122. The van der Waals surface area contributed by atoms with E-state index in [1.807, 2.05) is 35.8 Å². The summed E-state index contributed by atoms with van der Waals surface area (Å²) in [4.78, 5) is 45.1. The van der Waals surface area contributed by atoms with Crippen molar-refractivity contribution in [2.75, 3.05) is 10.6 Å². The summed E-state index contributed by atoms with van der Waals surface area (Å²) in [6, 6.07) is 13.6. The van der Waals surface area contributed by atoms with Crippen LogP contribution in [0, 0.1) is 0 Å². The molecule has 1 aliphatic heterocycles. The maximum Gasteiger partial charge on any atom is 0.254 e. The van der Waals surface area contributed by atoms with Gasteiger partial charge in [0.15, 0.2) is 5.13 Å². The van der Waals surface area contributed by atoms with E-state index in [1.165, 1.54) is 11.3 Å². The molecular weight excluding hydrogens is 414 g/mol. The molecule has 5 rings (SSSR count). The molecule has 0 spiro atoms. The van der Waals surface area contributed by atoms with Crippen molar-refractivity contribution in [1.82, 2.24) is 15.3 Å². The van der Waals surface area contributed by atoms with E-state index >= 15 is 0 Å². The minimum atomic E-state index is -0.979. The Bertz CT molecular complexity index is 1330. The number of carbonyl (C=O) groups is 3. The van der Waals surface area contributed by atoms with E-state index < -0.39 is 23.8 Å². The first-order valence-electron chi connectivity index (χ1n) is 9.61. The summed E-state index contributed by atoms with van der Waals surface area (Å²) >= 11 is 1.30. The average molecular weight is 431 g/mol. The second-order valence-corrected chi connectivity index (χ2v) is 7.96. The number of nitrogens with one attached hydrogen (secondary N) is 4. The van der Waals surface area contributed by atoms with Crippen molar-refractivity contribution in [1.29, 1.82) is 0 Å². The summed E-state index contributed by atoms with van der Waals surface area (Å²) in [6.45, 7) is 0. The lowest BCUT2D eigenvalue weighted by Crippen LogP contribution is -2.43. The fraction of sp³-hybridized carbons (Fsp3) is 0.0909. The van der Waals surface area contributed by atoms with E-state index in [0.29, 0.717) is 16.4 Å². The minimum absolute atomic E-state index is 0.201. The number of rotatable bonds is 4. The van der Waals surface area contributed by atoms with Gasteiger partial charge in [-0.05, 0) is 18.2 Å². The number of aromatic amines is 1. The zero-order valence-electron chi connectivity index (χ0n) is 16.1. The highest BCUT2D eigenvalue weighted by atomic mass is 32.1. The third-order valence-corrected chi connectivity index (χ3v) is 5.81. The van der Waals surface area contributed by atoms with Crippen LogP contribution in [0.1, 0.15) is 16.8 Å². The summed E-state index contributed by atoms with van der Waals surface area (Å²) in [5.41, 5.74) is 3.49. The molecular formula is C22H17N5O3S. The number of benzene rings is 2. The average Bonchev–Trinajstić information content (AvgIpc) is 3.37. The number of amides is 3. The second-order valence-electron chi connectivity index (χ2n) is 7.10. The van der Waals surface area contributed by atoms with E-state index in [1.54, 1.807) is 24.3 Å². The quantitative estimate of drug-likeness (QED) is 0.396. The van der Waals surface area contributed by atoms with Crippen LogP contribution in [0.2, 0.25) is 0 Å². The van der Waals surface area contributed by atoms with Gasteiger partial charge >= 0.3 is 0 Å². The maximum absolute atomic E-state index is 12.5. The topological polar surface area (TPSA) is 116 Å². The molecule has 3 amide bonds. The van der Waals surface area contributed by atoms with Crippen molar-refractivity contribution >= 4 is 50.8 Å². The molecule has 0 saturated heterocycles. The lowest BCUT2D eigenvalue weighted by atomic mass is 10.1. The van der Waals surface area contributed by atoms with Gasteiger partial charge in [-0.3, -0.25) is 14.4 Å². The predicted molar refractivity (Wildman–Crippen MR) is 119 cm³/mol. The van der Waals surface area contributed by atoms with Crippen LogP contribution in [0.15, 0.2) is 60.1 Å². The van der Waals surface area contributed by atoms with Crippen LogP contribution >= 0.6 is 11.3 Å². The molecule has 154 valence electrons. The van der Waals surface area contributed by atoms with Gasteiger partial charge in [-0.25, -0.2) is 4.98 Å². The van der Waals surface area contributed by atoms with Crippen LogP contribution in [-0.4, -0.2) is 33.7 Å². The van der Waals surface area contributed by atoms with Gasteiger partial charge in [0.25, 0.3) is 5.91 Å². The number of anilines is 2. The van der Waals surface area contributed by atoms with Crippen molar-refractivity contribution in [3.8, 4) is 11.3 Å². The molecule has 9 heteroatoms. The fourth-order valence-corrected chi connectivity index (χ4v) is 4.28. The summed E-state index contributed by atoms with van der Waals surface area (Å²) in [7, 11) is 0. The highest BCUT2D eigenvalue weighted by Gasteiger charge is 2.29. The summed E-state index contributed by atoms with van der Waals surface area (Å²) in [5.74, 6) is -1.25. The Morgan fingerprint density at radius 2 is 1.87 bits per heavy atom. The van der Waals surface area contributed by atoms with Crippen LogP contribution in [0.3, 0.4) is 0 Å². The van der Waals surface area contributed by atoms with Gasteiger partial charge in [-0.1, -0.05) is 30.3 Å². The molecule has 1 aliphatic rings. The third-order valence-electron chi connectivity index (χ3n) is 5.06. The molecule has 4 aromatic rings. The first kappa shape index (κ1) is 19.0. The van der Waals surface area contributed by atoms with Gasteiger partial charge in [0.05, 0.1) is 23.4 Å². The Kier molecular flexibility index (Phi) is 4.72. The number of fused-ring (bicyclic) bond motifs is 2. The van der Waals surface area contributed by atoms with Crippen molar-refractivity contribution in [3.63, 3.8) is 0 Å². The first-order valence-corrected chi connectivity index (χ1v) is 10.5. The Morgan fingerprint density at radius 3 is 2.77 bits per heavy atom. The Hall–Kier alpha value is -3.98. The van der Waals surface area contributed by atoms with Crippen molar-refractivity contribution in [2.45, 2.75) is 12.5 Å². The van der Waals surface area contributed by atoms with Crippen LogP contribution in [-0.2, 0) is 9.59 Å².